The number of guanidine groups is 1. The highest BCUT2D eigenvalue weighted by atomic mass is 127. The van der Waals surface area contributed by atoms with Crippen molar-refractivity contribution in [3.63, 3.8) is 0 Å². The van der Waals surface area contributed by atoms with Gasteiger partial charge in [-0.2, -0.15) is 0 Å². The quantitative estimate of drug-likeness (QED) is 0.242. The Morgan fingerprint density at radius 3 is 2.30 bits per heavy atom. The average Bonchev–Trinajstić information content (AvgIpc) is 2.69. The van der Waals surface area contributed by atoms with Gasteiger partial charge in [-0.3, -0.25) is 9.59 Å². The summed E-state index contributed by atoms with van der Waals surface area (Å²) in [6.07, 6.45) is 0. The predicted molar refractivity (Wildman–Crippen MR) is 131 cm³/mol. The minimum atomic E-state index is -0.575. The van der Waals surface area contributed by atoms with E-state index in [0.29, 0.717) is 18.7 Å². The molecule has 0 fully saturated rings. The third-order valence-electron chi connectivity index (χ3n) is 4.35. The normalized spacial score (nSPS) is 10.7. The number of nitrogens with one attached hydrogen (secondary N) is 3. The van der Waals surface area contributed by atoms with Crippen molar-refractivity contribution in [1.29, 1.82) is 0 Å². The number of carbonyl (C=O) groups is 2. The van der Waals surface area contributed by atoms with Gasteiger partial charge in [0.15, 0.2) is 5.96 Å². The van der Waals surface area contributed by atoms with Gasteiger partial charge < -0.3 is 21.7 Å². The summed E-state index contributed by atoms with van der Waals surface area (Å²) in [6.45, 7) is 7.97. The molecule has 162 valence electrons. The second kappa shape index (κ2) is 12.8. The van der Waals surface area contributed by atoms with E-state index in [0.717, 1.165) is 18.1 Å². The lowest BCUT2D eigenvalue weighted by Crippen LogP contribution is -2.36. The van der Waals surface area contributed by atoms with Crippen LogP contribution >= 0.6 is 24.0 Å². The van der Waals surface area contributed by atoms with Crippen LogP contribution in [0.1, 0.15) is 39.5 Å². The number of aryl methyl sites for hydroxylation is 2. The molecule has 30 heavy (non-hydrogen) atoms. The van der Waals surface area contributed by atoms with Crippen molar-refractivity contribution in [2.45, 2.75) is 33.9 Å². The maximum Gasteiger partial charge on any atom is 0.251 e. The van der Waals surface area contributed by atoms with Crippen molar-refractivity contribution >= 4 is 41.8 Å². The number of hydrogen-bond acceptors (Lipinski definition) is 3. The first-order valence-electron chi connectivity index (χ1n) is 9.62. The molecule has 2 rings (SSSR count). The van der Waals surface area contributed by atoms with Crippen molar-refractivity contribution in [3.05, 3.63) is 70.3 Å². The van der Waals surface area contributed by atoms with E-state index in [2.05, 4.69) is 53.0 Å². The molecule has 0 aromatic heterocycles. The van der Waals surface area contributed by atoms with Gasteiger partial charge in [-0.25, -0.2) is 4.99 Å². The van der Waals surface area contributed by atoms with E-state index in [4.69, 9.17) is 5.73 Å². The fourth-order valence-electron chi connectivity index (χ4n) is 2.77. The number of primary amides is 1. The summed E-state index contributed by atoms with van der Waals surface area (Å²) in [6, 6.07) is 13.5. The van der Waals surface area contributed by atoms with E-state index in [-0.39, 0.29) is 36.4 Å². The Bertz CT molecular complexity index is 882. The van der Waals surface area contributed by atoms with Crippen molar-refractivity contribution in [2.75, 3.05) is 13.1 Å². The molecule has 0 radical (unpaired) electrons. The van der Waals surface area contributed by atoms with Crippen LogP contribution in [0, 0.1) is 13.8 Å². The van der Waals surface area contributed by atoms with Crippen molar-refractivity contribution in [1.82, 2.24) is 16.0 Å². The molecule has 0 aliphatic carbocycles. The summed E-state index contributed by atoms with van der Waals surface area (Å²) in [5, 5.41) is 9.06. The van der Waals surface area contributed by atoms with Gasteiger partial charge in [-0.05, 0) is 49.6 Å². The van der Waals surface area contributed by atoms with Gasteiger partial charge in [-0.15, -0.1) is 24.0 Å². The topological polar surface area (TPSA) is 109 Å². The second-order valence-corrected chi connectivity index (χ2v) is 6.82. The van der Waals surface area contributed by atoms with E-state index in [1.54, 1.807) is 12.1 Å². The molecule has 2 amide bonds. The maximum atomic E-state index is 11.9. The van der Waals surface area contributed by atoms with Crippen LogP contribution in [0.15, 0.2) is 47.5 Å². The van der Waals surface area contributed by atoms with Gasteiger partial charge in [0.05, 0.1) is 13.1 Å². The van der Waals surface area contributed by atoms with E-state index in [1.807, 2.05) is 19.1 Å². The lowest BCUT2D eigenvalue weighted by molar-refractivity contribution is -0.117. The number of rotatable bonds is 8. The first-order valence-corrected chi connectivity index (χ1v) is 9.62. The molecular weight excluding hydrogens is 493 g/mol. The average molecular weight is 523 g/mol. The largest absolute Gasteiger partial charge is 0.368 e. The summed E-state index contributed by atoms with van der Waals surface area (Å²) in [5.41, 5.74) is 10.2. The molecule has 0 aliphatic rings. The summed E-state index contributed by atoms with van der Waals surface area (Å²) in [4.78, 5) is 27.3. The van der Waals surface area contributed by atoms with E-state index in [9.17, 15) is 9.59 Å². The maximum absolute atomic E-state index is 11.9. The zero-order valence-corrected chi connectivity index (χ0v) is 19.9. The van der Waals surface area contributed by atoms with Crippen molar-refractivity contribution in [3.8, 4) is 0 Å². The van der Waals surface area contributed by atoms with Crippen LogP contribution < -0.4 is 21.7 Å². The van der Waals surface area contributed by atoms with Crippen LogP contribution in [0.2, 0.25) is 0 Å². The first kappa shape index (κ1) is 25.4. The van der Waals surface area contributed by atoms with Gasteiger partial charge >= 0.3 is 0 Å². The van der Waals surface area contributed by atoms with Gasteiger partial charge in [0.25, 0.3) is 5.91 Å². The molecule has 0 spiro atoms. The molecule has 2 aromatic rings. The smallest absolute Gasteiger partial charge is 0.251 e. The summed E-state index contributed by atoms with van der Waals surface area (Å²) >= 11 is 0. The minimum Gasteiger partial charge on any atom is -0.368 e. The summed E-state index contributed by atoms with van der Waals surface area (Å²) in [5.74, 6) is -0.174. The Kier molecular flexibility index (Phi) is 10.9. The number of hydrogen-bond donors (Lipinski definition) is 4. The third-order valence-corrected chi connectivity index (χ3v) is 4.35. The Hall–Kier alpha value is -2.62. The molecule has 0 saturated heterocycles. The van der Waals surface area contributed by atoms with Gasteiger partial charge in [-0.1, -0.05) is 35.9 Å². The molecule has 0 atom stereocenters. The van der Waals surface area contributed by atoms with Crippen molar-refractivity contribution < 1.29 is 9.59 Å². The molecule has 0 aliphatic heterocycles. The highest BCUT2D eigenvalue weighted by Crippen LogP contribution is 2.10. The second-order valence-electron chi connectivity index (χ2n) is 6.82. The number of carbonyl (C=O) groups excluding carboxylic acids is 2. The van der Waals surface area contributed by atoms with Crippen LogP contribution in [0.4, 0.5) is 0 Å². The lowest BCUT2D eigenvalue weighted by Gasteiger charge is -2.13. The number of benzene rings is 2. The number of aliphatic imine (C=N–C) groups is 1. The Balaban J connectivity index is 0.00000450. The molecule has 0 bridgehead atoms. The van der Waals surface area contributed by atoms with Crippen LogP contribution in [0.3, 0.4) is 0 Å². The summed E-state index contributed by atoms with van der Waals surface area (Å²) in [7, 11) is 0. The highest BCUT2D eigenvalue weighted by molar-refractivity contribution is 14.0. The molecule has 5 N–H and O–H groups in total. The Labute approximate surface area is 194 Å². The molecule has 0 saturated carbocycles. The zero-order chi connectivity index (χ0) is 21.2. The molecule has 7 nitrogen and oxygen atoms in total. The SMILES string of the molecule is CCNC(=NCc1ccc(C(=O)NCC(N)=O)cc1)NCc1ccc(C)cc1C.I. The van der Waals surface area contributed by atoms with Crippen LogP contribution in [0.25, 0.3) is 0 Å². The third kappa shape index (κ3) is 8.40. The Morgan fingerprint density at radius 2 is 1.70 bits per heavy atom. The van der Waals surface area contributed by atoms with Gasteiger partial charge in [0.2, 0.25) is 5.91 Å². The fraction of sp³-hybridized carbons (Fsp3) is 0.318. The standard InChI is InChI=1S/C22H29N5O2.HI/c1-4-24-22(27-13-19-8-5-15(2)11-16(19)3)26-12-17-6-9-18(10-7-17)21(29)25-14-20(23)28;/h5-11H,4,12-14H2,1-3H3,(H2,23,28)(H,25,29)(H2,24,26,27);1H. The molecular formula is C22H30IN5O2. The number of nitrogens with two attached hydrogens (primary N) is 1. The molecule has 0 unspecified atom stereocenters. The zero-order valence-electron chi connectivity index (χ0n) is 17.6. The predicted octanol–water partition coefficient (Wildman–Crippen LogP) is 2.39. The van der Waals surface area contributed by atoms with E-state index < -0.39 is 5.91 Å². The van der Waals surface area contributed by atoms with Crippen molar-refractivity contribution in [2.24, 2.45) is 10.7 Å². The van der Waals surface area contributed by atoms with Crippen LogP contribution in [-0.4, -0.2) is 30.9 Å². The number of amides is 2. The Morgan fingerprint density at radius 1 is 1.00 bits per heavy atom. The number of halogens is 1. The fourth-order valence-corrected chi connectivity index (χ4v) is 2.77. The first-order chi connectivity index (χ1) is 13.9. The monoisotopic (exact) mass is 523 g/mol. The van der Waals surface area contributed by atoms with Gasteiger partial charge in [0, 0.05) is 18.7 Å². The summed E-state index contributed by atoms with van der Waals surface area (Å²) < 4.78 is 0. The van der Waals surface area contributed by atoms with Crippen LogP contribution in [0.5, 0.6) is 0 Å². The van der Waals surface area contributed by atoms with E-state index in [1.165, 1.54) is 16.7 Å². The molecule has 0 heterocycles. The van der Waals surface area contributed by atoms with Crippen LogP contribution in [-0.2, 0) is 17.9 Å². The van der Waals surface area contributed by atoms with E-state index >= 15 is 0 Å². The lowest BCUT2D eigenvalue weighted by atomic mass is 10.1. The minimum absolute atomic E-state index is 0. The number of nitrogens with zero attached hydrogens (tertiary/aromatic N) is 1. The van der Waals surface area contributed by atoms with Gasteiger partial charge in [0.1, 0.15) is 0 Å². The molecule has 2 aromatic carbocycles. The highest BCUT2D eigenvalue weighted by Gasteiger charge is 2.06. The molecule has 8 heteroatoms.